The van der Waals surface area contributed by atoms with Crippen LogP contribution in [0.15, 0.2) is 18.2 Å². The summed E-state index contributed by atoms with van der Waals surface area (Å²) in [5.41, 5.74) is 8.82. The molecular formula is C15H15ClN4O2. The largest absolute Gasteiger partial charge is 0.365 e. The van der Waals surface area contributed by atoms with Crippen molar-refractivity contribution in [1.29, 1.82) is 0 Å². The standard InChI is InChI=1S/C15H15ClN4O2/c1-9-6-10(2-3-11(9)16)14-13(15(17)22)12-7-19(8-21)4-5-20(12)18-14/h2-3,6,8H,4-5,7H2,1H3,(H2,17,22). The van der Waals surface area contributed by atoms with Gasteiger partial charge in [-0.15, -0.1) is 0 Å². The van der Waals surface area contributed by atoms with Crippen molar-refractivity contribution < 1.29 is 9.59 Å². The van der Waals surface area contributed by atoms with Gasteiger partial charge in [0.2, 0.25) is 6.41 Å². The van der Waals surface area contributed by atoms with Crippen LogP contribution in [0.3, 0.4) is 0 Å². The van der Waals surface area contributed by atoms with Crippen LogP contribution in [0.4, 0.5) is 0 Å². The van der Waals surface area contributed by atoms with Crippen LogP contribution in [-0.2, 0) is 17.9 Å². The number of nitrogens with zero attached hydrogens (tertiary/aromatic N) is 3. The molecule has 0 fully saturated rings. The average molecular weight is 319 g/mol. The lowest BCUT2D eigenvalue weighted by atomic mass is 10.0. The Morgan fingerprint density at radius 1 is 1.41 bits per heavy atom. The number of rotatable bonds is 3. The Balaban J connectivity index is 2.16. The van der Waals surface area contributed by atoms with E-state index in [2.05, 4.69) is 5.10 Å². The molecule has 0 unspecified atom stereocenters. The Morgan fingerprint density at radius 2 is 2.18 bits per heavy atom. The molecule has 2 aromatic rings. The fraction of sp³-hybridized carbons (Fsp3) is 0.267. The summed E-state index contributed by atoms with van der Waals surface area (Å²) < 4.78 is 1.75. The average Bonchev–Trinajstić information content (AvgIpc) is 2.88. The molecule has 0 aliphatic carbocycles. The molecule has 0 atom stereocenters. The van der Waals surface area contributed by atoms with E-state index in [9.17, 15) is 9.59 Å². The van der Waals surface area contributed by atoms with Gasteiger partial charge in [-0.1, -0.05) is 17.7 Å². The maximum absolute atomic E-state index is 11.9. The summed E-state index contributed by atoms with van der Waals surface area (Å²) in [6.45, 7) is 3.33. The van der Waals surface area contributed by atoms with E-state index >= 15 is 0 Å². The second-order valence-electron chi connectivity index (χ2n) is 5.30. The summed E-state index contributed by atoms with van der Waals surface area (Å²) in [5, 5.41) is 5.17. The molecule has 1 aromatic heterocycles. The molecule has 3 rings (SSSR count). The molecule has 0 spiro atoms. The zero-order valence-electron chi connectivity index (χ0n) is 12.0. The first-order valence-electron chi connectivity index (χ1n) is 6.86. The van der Waals surface area contributed by atoms with Crippen LogP contribution in [0.5, 0.6) is 0 Å². The van der Waals surface area contributed by atoms with Gasteiger partial charge in [0.1, 0.15) is 5.69 Å². The first-order chi connectivity index (χ1) is 10.5. The highest BCUT2D eigenvalue weighted by Gasteiger charge is 2.27. The number of hydrogen-bond acceptors (Lipinski definition) is 3. The molecule has 2 heterocycles. The number of hydrogen-bond donors (Lipinski definition) is 1. The van der Waals surface area contributed by atoms with Crippen molar-refractivity contribution in [1.82, 2.24) is 14.7 Å². The van der Waals surface area contributed by atoms with E-state index < -0.39 is 5.91 Å². The summed E-state index contributed by atoms with van der Waals surface area (Å²) in [6.07, 6.45) is 0.771. The van der Waals surface area contributed by atoms with E-state index in [-0.39, 0.29) is 0 Å². The SMILES string of the molecule is Cc1cc(-c2nn3c(c2C(N)=O)CN(C=O)CC3)ccc1Cl. The minimum Gasteiger partial charge on any atom is -0.365 e. The van der Waals surface area contributed by atoms with E-state index in [1.807, 2.05) is 19.1 Å². The lowest BCUT2D eigenvalue weighted by Crippen LogP contribution is -2.34. The van der Waals surface area contributed by atoms with E-state index in [1.165, 1.54) is 0 Å². The molecule has 114 valence electrons. The van der Waals surface area contributed by atoms with Gasteiger partial charge in [0.05, 0.1) is 24.3 Å². The molecule has 0 bridgehead atoms. The van der Waals surface area contributed by atoms with E-state index in [1.54, 1.807) is 15.6 Å². The van der Waals surface area contributed by atoms with Crippen LogP contribution in [0.25, 0.3) is 11.3 Å². The van der Waals surface area contributed by atoms with Crippen molar-refractivity contribution in [2.75, 3.05) is 6.54 Å². The number of halogens is 1. The zero-order chi connectivity index (χ0) is 15.9. The molecule has 22 heavy (non-hydrogen) atoms. The topological polar surface area (TPSA) is 81.2 Å². The Kier molecular flexibility index (Phi) is 3.62. The van der Waals surface area contributed by atoms with Crippen LogP contribution < -0.4 is 5.73 Å². The van der Waals surface area contributed by atoms with Gasteiger partial charge in [0.15, 0.2) is 0 Å². The number of carbonyl (C=O) groups excluding carboxylic acids is 2. The Labute approximate surface area is 132 Å². The highest BCUT2D eigenvalue weighted by molar-refractivity contribution is 6.31. The third-order valence-corrected chi connectivity index (χ3v) is 4.26. The Bertz CT molecular complexity index is 769. The number of amides is 2. The van der Waals surface area contributed by atoms with E-state index in [4.69, 9.17) is 17.3 Å². The van der Waals surface area contributed by atoms with Gasteiger partial charge in [0, 0.05) is 17.1 Å². The van der Waals surface area contributed by atoms with Crippen LogP contribution in [-0.4, -0.2) is 33.5 Å². The maximum Gasteiger partial charge on any atom is 0.252 e. The zero-order valence-corrected chi connectivity index (χ0v) is 12.8. The number of benzene rings is 1. The van der Waals surface area contributed by atoms with Crippen molar-refractivity contribution in [3.05, 3.63) is 40.0 Å². The van der Waals surface area contributed by atoms with E-state index in [0.29, 0.717) is 41.6 Å². The minimum absolute atomic E-state index is 0.335. The van der Waals surface area contributed by atoms with Crippen molar-refractivity contribution >= 4 is 23.9 Å². The third kappa shape index (κ3) is 2.35. The molecule has 1 aliphatic heterocycles. The number of fused-ring (bicyclic) bond motifs is 1. The molecule has 2 amide bonds. The third-order valence-electron chi connectivity index (χ3n) is 3.84. The molecule has 2 N–H and O–H groups in total. The predicted octanol–water partition coefficient (Wildman–Crippen LogP) is 1.58. The molecule has 1 aliphatic rings. The second kappa shape index (κ2) is 5.46. The monoisotopic (exact) mass is 318 g/mol. The normalized spacial score (nSPS) is 13.8. The smallest absolute Gasteiger partial charge is 0.252 e. The number of nitrogens with two attached hydrogens (primary N) is 1. The lowest BCUT2D eigenvalue weighted by Gasteiger charge is -2.24. The molecule has 0 radical (unpaired) electrons. The van der Waals surface area contributed by atoms with Crippen LogP contribution in [0.2, 0.25) is 5.02 Å². The van der Waals surface area contributed by atoms with Crippen molar-refractivity contribution in [2.45, 2.75) is 20.0 Å². The Hall–Kier alpha value is -2.34. The van der Waals surface area contributed by atoms with Gasteiger partial charge in [-0.05, 0) is 24.6 Å². The first kappa shape index (κ1) is 14.6. The highest BCUT2D eigenvalue weighted by atomic mass is 35.5. The summed E-state index contributed by atoms with van der Waals surface area (Å²) in [6, 6.07) is 5.46. The number of aryl methyl sites for hydroxylation is 1. The lowest BCUT2D eigenvalue weighted by molar-refractivity contribution is -0.119. The predicted molar refractivity (Wildman–Crippen MR) is 82.4 cm³/mol. The van der Waals surface area contributed by atoms with Gasteiger partial charge < -0.3 is 10.6 Å². The summed E-state index contributed by atoms with van der Waals surface area (Å²) in [4.78, 5) is 24.5. The van der Waals surface area contributed by atoms with Crippen LogP contribution in [0, 0.1) is 6.92 Å². The molecule has 6 nitrogen and oxygen atoms in total. The molecule has 0 saturated heterocycles. The fourth-order valence-electron chi connectivity index (χ4n) is 2.68. The van der Waals surface area contributed by atoms with Crippen LogP contribution in [0.1, 0.15) is 21.6 Å². The van der Waals surface area contributed by atoms with Gasteiger partial charge in [-0.25, -0.2) is 0 Å². The fourth-order valence-corrected chi connectivity index (χ4v) is 2.80. The van der Waals surface area contributed by atoms with Crippen molar-refractivity contribution in [2.24, 2.45) is 5.73 Å². The second-order valence-corrected chi connectivity index (χ2v) is 5.70. The van der Waals surface area contributed by atoms with E-state index in [0.717, 1.165) is 17.5 Å². The number of aromatic nitrogens is 2. The molecule has 0 saturated carbocycles. The Morgan fingerprint density at radius 3 is 2.82 bits per heavy atom. The number of carbonyl (C=O) groups is 2. The highest BCUT2D eigenvalue weighted by Crippen LogP contribution is 2.30. The van der Waals surface area contributed by atoms with Gasteiger partial charge >= 0.3 is 0 Å². The van der Waals surface area contributed by atoms with Gasteiger partial charge in [-0.3, -0.25) is 14.3 Å². The van der Waals surface area contributed by atoms with Gasteiger partial charge in [0.25, 0.3) is 5.91 Å². The number of primary amides is 1. The molecular weight excluding hydrogens is 304 g/mol. The van der Waals surface area contributed by atoms with Crippen LogP contribution >= 0.6 is 11.6 Å². The first-order valence-corrected chi connectivity index (χ1v) is 7.24. The van der Waals surface area contributed by atoms with Crippen molar-refractivity contribution in [3.63, 3.8) is 0 Å². The quantitative estimate of drug-likeness (QED) is 0.872. The molecule has 7 heteroatoms. The summed E-state index contributed by atoms with van der Waals surface area (Å²) in [5.74, 6) is -0.545. The maximum atomic E-state index is 11.9. The van der Waals surface area contributed by atoms with Gasteiger partial charge in [-0.2, -0.15) is 5.10 Å². The minimum atomic E-state index is -0.545. The molecule has 1 aromatic carbocycles. The summed E-state index contributed by atoms with van der Waals surface area (Å²) >= 11 is 6.05. The van der Waals surface area contributed by atoms with Crippen molar-refractivity contribution in [3.8, 4) is 11.3 Å². The summed E-state index contributed by atoms with van der Waals surface area (Å²) in [7, 11) is 0.